The second-order valence-electron chi connectivity index (χ2n) is 6.31. The SMILES string of the molecule is CCC1CN(C)CCCN1C1(CN)CC(C)C1. The van der Waals surface area contributed by atoms with Crippen LogP contribution in [0.15, 0.2) is 0 Å². The van der Waals surface area contributed by atoms with Crippen molar-refractivity contribution in [3.05, 3.63) is 0 Å². The lowest BCUT2D eigenvalue weighted by Gasteiger charge is -2.55. The van der Waals surface area contributed by atoms with Gasteiger partial charge in [0.15, 0.2) is 0 Å². The standard InChI is InChI=1S/C14H29N3/c1-4-13-10-16(3)6-5-7-17(13)14(11-15)8-12(2)9-14/h12-13H,4-11,15H2,1-3H3. The quantitative estimate of drug-likeness (QED) is 0.811. The second kappa shape index (κ2) is 5.25. The molecule has 0 spiro atoms. The molecule has 0 aromatic heterocycles. The molecule has 2 rings (SSSR count). The zero-order valence-corrected chi connectivity index (χ0v) is 11.8. The molecule has 3 heteroatoms. The van der Waals surface area contributed by atoms with E-state index in [1.807, 2.05) is 0 Å². The molecule has 0 aromatic carbocycles. The summed E-state index contributed by atoms with van der Waals surface area (Å²) >= 11 is 0. The minimum atomic E-state index is 0.339. The molecule has 1 heterocycles. The van der Waals surface area contributed by atoms with Crippen molar-refractivity contribution >= 4 is 0 Å². The minimum absolute atomic E-state index is 0.339. The van der Waals surface area contributed by atoms with Crippen LogP contribution in [0.4, 0.5) is 0 Å². The van der Waals surface area contributed by atoms with E-state index in [1.165, 1.54) is 45.3 Å². The summed E-state index contributed by atoms with van der Waals surface area (Å²) in [6.07, 6.45) is 5.16. The van der Waals surface area contributed by atoms with Gasteiger partial charge < -0.3 is 10.6 Å². The summed E-state index contributed by atoms with van der Waals surface area (Å²) in [7, 11) is 2.25. The Morgan fingerprint density at radius 1 is 1.29 bits per heavy atom. The summed E-state index contributed by atoms with van der Waals surface area (Å²) in [6, 6.07) is 0.707. The van der Waals surface area contributed by atoms with Crippen LogP contribution >= 0.6 is 0 Å². The Balaban J connectivity index is 2.10. The molecule has 100 valence electrons. The lowest BCUT2D eigenvalue weighted by atomic mass is 9.67. The highest BCUT2D eigenvalue weighted by Gasteiger charge is 2.47. The number of hydrogen-bond donors (Lipinski definition) is 1. The van der Waals surface area contributed by atoms with Crippen molar-refractivity contribution in [1.29, 1.82) is 0 Å². The van der Waals surface area contributed by atoms with Crippen LogP contribution in [0.2, 0.25) is 0 Å². The monoisotopic (exact) mass is 239 g/mol. The van der Waals surface area contributed by atoms with Gasteiger partial charge in [-0.15, -0.1) is 0 Å². The fraction of sp³-hybridized carbons (Fsp3) is 1.00. The molecular weight excluding hydrogens is 210 g/mol. The smallest absolute Gasteiger partial charge is 0.0340 e. The van der Waals surface area contributed by atoms with E-state index in [-0.39, 0.29) is 0 Å². The molecule has 0 amide bonds. The van der Waals surface area contributed by atoms with Gasteiger partial charge in [0.1, 0.15) is 0 Å². The van der Waals surface area contributed by atoms with Crippen LogP contribution in [-0.4, -0.2) is 54.6 Å². The Morgan fingerprint density at radius 3 is 2.53 bits per heavy atom. The maximum atomic E-state index is 6.11. The van der Waals surface area contributed by atoms with Crippen LogP contribution in [-0.2, 0) is 0 Å². The van der Waals surface area contributed by atoms with Gasteiger partial charge in [-0.1, -0.05) is 13.8 Å². The molecule has 1 saturated heterocycles. The maximum Gasteiger partial charge on any atom is 0.0340 e. The normalized spacial score (nSPS) is 40.9. The average Bonchev–Trinajstić information content (AvgIpc) is 2.46. The largest absolute Gasteiger partial charge is 0.329 e. The minimum Gasteiger partial charge on any atom is -0.329 e. The molecule has 1 aliphatic carbocycles. The third kappa shape index (κ3) is 2.51. The van der Waals surface area contributed by atoms with Crippen LogP contribution < -0.4 is 5.73 Å². The average molecular weight is 239 g/mol. The van der Waals surface area contributed by atoms with Gasteiger partial charge in [0, 0.05) is 31.2 Å². The van der Waals surface area contributed by atoms with E-state index in [1.54, 1.807) is 0 Å². The van der Waals surface area contributed by atoms with Crippen LogP contribution in [0.3, 0.4) is 0 Å². The fourth-order valence-electron chi connectivity index (χ4n) is 3.97. The molecule has 2 aliphatic rings. The Bertz CT molecular complexity index is 248. The lowest BCUT2D eigenvalue weighted by Crippen LogP contribution is -2.64. The van der Waals surface area contributed by atoms with E-state index in [4.69, 9.17) is 5.73 Å². The van der Waals surface area contributed by atoms with Gasteiger partial charge in [0.05, 0.1) is 0 Å². The molecule has 1 unspecified atom stereocenters. The predicted molar refractivity (Wildman–Crippen MR) is 73.1 cm³/mol. The first-order valence-electron chi connectivity index (χ1n) is 7.26. The first-order chi connectivity index (χ1) is 8.11. The zero-order chi connectivity index (χ0) is 12.5. The lowest BCUT2D eigenvalue weighted by molar-refractivity contribution is -0.0400. The van der Waals surface area contributed by atoms with Crippen LogP contribution in [0.5, 0.6) is 0 Å². The molecule has 0 radical (unpaired) electrons. The number of nitrogens with two attached hydrogens (primary N) is 1. The molecule has 17 heavy (non-hydrogen) atoms. The third-order valence-corrected chi connectivity index (χ3v) is 4.82. The number of nitrogens with zero attached hydrogens (tertiary/aromatic N) is 2. The van der Waals surface area contributed by atoms with E-state index >= 15 is 0 Å². The molecule has 0 aromatic rings. The Hall–Kier alpha value is -0.120. The summed E-state index contributed by atoms with van der Waals surface area (Å²) in [5.41, 5.74) is 6.45. The van der Waals surface area contributed by atoms with E-state index in [0.29, 0.717) is 11.6 Å². The van der Waals surface area contributed by atoms with Gasteiger partial charge in [-0.2, -0.15) is 0 Å². The van der Waals surface area contributed by atoms with Crippen molar-refractivity contribution in [1.82, 2.24) is 9.80 Å². The molecule has 3 nitrogen and oxygen atoms in total. The first kappa shape index (κ1) is 13.3. The molecule has 1 aliphatic heterocycles. The van der Waals surface area contributed by atoms with E-state index in [2.05, 4.69) is 30.7 Å². The van der Waals surface area contributed by atoms with Crippen molar-refractivity contribution < 1.29 is 0 Å². The number of rotatable bonds is 3. The summed E-state index contributed by atoms with van der Waals surface area (Å²) in [6.45, 7) is 9.22. The first-order valence-corrected chi connectivity index (χ1v) is 7.26. The van der Waals surface area contributed by atoms with Gasteiger partial charge in [-0.05, 0) is 45.2 Å². The molecule has 2 N–H and O–H groups in total. The maximum absolute atomic E-state index is 6.11. The predicted octanol–water partition coefficient (Wildman–Crippen LogP) is 1.53. The van der Waals surface area contributed by atoms with E-state index < -0.39 is 0 Å². The second-order valence-corrected chi connectivity index (χ2v) is 6.31. The summed E-state index contributed by atoms with van der Waals surface area (Å²) < 4.78 is 0. The highest BCUT2D eigenvalue weighted by Crippen LogP contribution is 2.43. The fourth-order valence-corrected chi connectivity index (χ4v) is 3.97. The number of likely N-dealkylation sites (N-methyl/N-ethyl adjacent to an activating group) is 1. The zero-order valence-electron chi connectivity index (χ0n) is 11.8. The van der Waals surface area contributed by atoms with Crippen molar-refractivity contribution in [2.24, 2.45) is 11.7 Å². The number of hydrogen-bond acceptors (Lipinski definition) is 3. The highest BCUT2D eigenvalue weighted by atomic mass is 15.3. The van der Waals surface area contributed by atoms with Crippen molar-refractivity contribution in [3.8, 4) is 0 Å². The van der Waals surface area contributed by atoms with Crippen molar-refractivity contribution in [3.63, 3.8) is 0 Å². The molecule has 0 bridgehead atoms. The van der Waals surface area contributed by atoms with Crippen LogP contribution in [0.1, 0.15) is 39.5 Å². The highest BCUT2D eigenvalue weighted by molar-refractivity contribution is 5.04. The Kier molecular flexibility index (Phi) is 4.11. The van der Waals surface area contributed by atoms with Gasteiger partial charge in [-0.3, -0.25) is 4.90 Å². The Morgan fingerprint density at radius 2 is 2.00 bits per heavy atom. The summed E-state index contributed by atoms with van der Waals surface area (Å²) in [5, 5.41) is 0. The topological polar surface area (TPSA) is 32.5 Å². The van der Waals surface area contributed by atoms with Crippen molar-refractivity contribution in [2.75, 3.05) is 33.2 Å². The third-order valence-electron chi connectivity index (χ3n) is 4.82. The molecule has 2 fully saturated rings. The van der Waals surface area contributed by atoms with E-state index in [0.717, 1.165) is 12.5 Å². The molecule has 1 atom stereocenters. The van der Waals surface area contributed by atoms with Gasteiger partial charge in [-0.25, -0.2) is 0 Å². The summed E-state index contributed by atoms with van der Waals surface area (Å²) in [4.78, 5) is 5.25. The Labute approximate surface area is 106 Å². The summed E-state index contributed by atoms with van der Waals surface area (Å²) in [5.74, 6) is 0.872. The van der Waals surface area contributed by atoms with Crippen LogP contribution in [0, 0.1) is 5.92 Å². The van der Waals surface area contributed by atoms with Crippen LogP contribution in [0.25, 0.3) is 0 Å². The van der Waals surface area contributed by atoms with Crippen molar-refractivity contribution in [2.45, 2.75) is 51.1 Å². The van der Waals surface area contributed by atoms with Gasteiger partial charge >= 0.3 is 0 Å². The van der Waals surface area contributed by atoms with E-state index in [9.17, 15) is 0 Å². The van der Waals surface area contributed by atoms with Gasteiger partial charge in [0.2, 0.25) is 0 Å². The van der Waals surface area contributed by atoms with Gasteiger partial charge in [0.25, 0.3) is 0 Å². The molecule has 1 saturated carbocycles. The molecular formula is C14H29N3.